The summed E-state index contributed by atoms with van der Waals surface area (Å²) in [5, 5.41) is 3.71. The number of benzene rings is 1. The highest BCUT2D eigenvalue weighted by molar-refractivity contribution is 7.99. The minimum atomic E-state index is 0.357. The van der Waals surface area contributed by atoms with Crippen LogP contribution in [0, 0.1) is 5.41 Å². The van der Waals surface area contributed by atoms with Crippen molar-refractivity contribution in [2.45, 2.75) is 32.9 Å². The van der Waals surface area contributed by atoms with Gasteiger partial charge in [0.2, 0.25) is 0 Å². The molecule has 1 N–H and O–H groups in total. The van der Waals surface area contributed by atoms with Crippen LogP contribution in [0.2, 0.25) is 0 Å². The average molecular weight is 309 g/mol. The minimum absolute atomic E-state index is 0.357. The van der Waals surface area contributed by atoms with E-state index in [-0.39, 0.29) is 0 Å². The highest BCUT2D eigenvalue weighted by atomic mass is 32.2. The van der Waals surface area contributed by atoms with Crippen LogP contribution in [0.1, 0.15) is 25.8 Å². The van der Waals surface area contributed by atoms with E-state index in [9.17, 15) is 0 Å². The van der Waals surface area contributed by atoms with E-state index in [0.29, 0.717) is 31.3 Å². The van der Waals surface area contributed by atoms with Crippen LogP contribution in [-0.4, -0.2) is 37.9 Å². The van der Waals surface area contributed by atoms with Crippen molar-refractivity contribution >= 4 is 17.4 Å². The molecule has 1 aliphatic heterocycles. The number of methoxy groups -OCH3 is 1. The average Bonchev–Trinajstić information content (AvgIpc) is 2.46. The maximum atomic E-state index is 5.59. The lowest BCUT2D eigenvalue weighted by molar-refractivity contribution is 0.0617. The molecular weight excluding hydrogens is 282 g/mol. The maximum absolute atomic E-state index is 5.59. The second-order valence-corrected chi connectivity index (χ2v) is 7.41. The third-order valence-electron chi connectivity index (χ3n) is 4.09. The summed E-state index contributed by atoms with van der Waals surface area (Å²) in [6, 6.07) is 9.08. The smallest absolute Gasteiger partial charge is 0.0718 e. The van der Waals surface area contributed by atoms with Crippen molar-refractivity contribution in [1.29, 1.82) is 0 Å². The van der Waals surface area contributed by atoms with Gasteiger partial charge < -0.3 is 14.8 Å². The Morgan fingerprint density at radius 1 is 1.33 bits per heavy atom. The Hall–Kier alpha value is -0.710. The van der Waals surface area contributed by atoms with E-state index in [2.05, 4.69) is 43.4 Å². The van der Waals surface area contributed by atoms with Crippen molar-refractivity contribution in [3.63, 3.8) is 0 Å². The van der Waals surface area contributed by atoms with Gasteiger partial charge in [-0.05, 0) is 35.3 Å². The van der Waals surface area contributed by atoms with Crippen molar-refractivity contribution in [3.8, 4) is 0 Å². The second kappa shape index (κ2) is 8.06. The summed E-state index contributed by atoms with van der Waals surface area (Å²) in [6.07, 6.45) is 1.27. The molecule has 1 atom stereocenters. The van der Waals surface area contributed by atoms with Crippen LogP contribution in [0.5, 0.6) is 0 Å². The van der Waals surface area contributed by atoms with Crippen molar-refractivity contribution < 1.29 is 9.47 Å². The Morgan fingerprint density at radius 3 is 2.95 bits per heavy atom. The molecular formula is C17H27NO2S. The quantitative estimate of drug-likeness (QED) is 0.776. The van der Waals surface area contributed by atoms with Gasteiger partial charge in [-0.2, -0.15) is 11.8 Å². The molecule has 0 aromatic heterocycles. The van der Waals surface area contributed by atoms with Crippen LogP contribution >= 0.6 is 11.8 Å². The van der Waals surface area contributed by atoms with Crippen molar-refractivity contribution in [1.82, 2.24) is 0 Å². The summed E-state index contributed by atoms with van der Waals surface area (Å²) in [4.78, 5) is 0. The summed E-state index contributed by atoms with van der Waals surface area (Å²) >= 11 is 2.05. The van der Waals surface area contributed by atoms with E-state index in [0.717, 1.165) is 0 Å². The monoisotopic (exact) mass is 309 g/mol. The van der Waals surface area contributed by atoms with E-state index < -0.39 is 0 Å². The van der Waals surface area contributed by atoms with E-state index in [1.165, 1.54) is 29.2 Å². The van der Waals surface area contributed by atoms with Gasteiger partial charge in [-0.15, -0.1) is 0 Å². The number of hydrogen-bond donors (Lipinski definition) is 1. The predicted molar refractivity (Wildman–Crippen MR) is 91.1 cm³/mol. The van der Waals surface area contributed by atoms with Crippen LogP contribution in [0.15, 0.2) is 24.3 Å². The van der Waals surface area contributed by atoms with Gasteiger partial charge in [-0.1, -0.05) is 26.0 Å². The molecule has 1 aromatic rings. The molecule has 0 aliphatic carbocycles. The molecule has 0 spiro atoms. The van der Waals surface area contributed by atoms with Gasteiger partial charge in [0.25, 0.3) is 0 Å². The first-order valence-corrected chi connectivity index (χ1v) is 8.77. The lowest BCUT2D eigenvalue weighted by Crippen LogP contribution is -2.41. The zero-order chi connectivity index (χ0) is 15.1. The number of thioether (sulfide) groups is 1. The van der Waals surface area contributed by atoms with Crippen LogP contribution in [0.25, 0.3) is 0 Å². The second-order valence-electron chi connectivity index (χ2n) is 6.26. The molecule has 4 heteroatoms. The largest absolute Gasteiger partial charge is 0.382 e. The summed E-state index contributed by atoms with van der Waals surface area (Å²) in [5.74, 6) is 2.46. The Labute approximate surface area is 132 Å². The predicted octanol–water partition coefficient (Wildman–Crippen LogP) is 3.79. The molecule has 118 valence electrons. The summed E-state index contributed by atoms with van der Waals surface area (Å²) < 4.78 is 10.6. The van der Waals surface area contributed by atoms with Crippen LogP contribution < -0.4 is 5.32 Å². The van der Waals surface area contributed by atoms with Gasteiger partial charge in [0.1, 0.15) is 0 Å². The Balaban J connectivity index is 1.91. The normalized spacial score (nSPS) is 21.2. The number of anilines is 1. The zero-order valence-electron chi connectivity index (χ0n) is 13.4. The van der Waals surface area contributed by atoms with Crippen LogP contribution in [-0.2, 0) is 16.1 Å². The molecule has 0 amide bonds. The molecule has 1 fully saturated rings. The first-order chi connectivity index (χ1) is 10.1. The molecule has 0 saturated carbocycles. The SMILES string of the molecule is COCCOCc1cccc(NC2CSCCC2(C)C)c1. The van der Waals surface area contributed by atoms with Crippen LogP contribution in [0.4, 0.5) is 5.69 Å². The Bertz CT molecular complexity index is 437. The van der Waals surface area contributed by atoms with E-state index in [1.54, 1.807) is 7.11 Å². The maximum Gasteiger partial charge on any atom is 0.0718 e. The minimum Gasteiger partial charge on any atom is -0.382 e. The van der Waals surface area contributed by atoms with Gasteiger partial charge in [-0.3, -0.25) is 0 Å². The Morgan fingerprint density at radius 2 is 2.19 bits per heavy atom. The summed E-state index contributed by atoms with van der Waals surface area (Å²) in [6.45, 7) is 6.65. The van der Waals surface area contributed by atoms with Gasteiger partial charge in [0.05, 0.1) is 19.8 Å². The van der Waals surface area contributed by atoms with Crippen molar-refractivity contribution in [2.75, 3.05) is 37.1 Å². The van der Waals surface area contributed by atoms with Gasteiger partial charge in [-0.25, -0.2) is 0 Å². The first-order valence-electron chi connectivity index (χ1n) is 7.62. The summed E-state index contributed by atoms with van der Waals surface area (Å²) in [7, 11) is 1.69. The number of nitrogens with one attached hydrogen (secondary N) is 1. The molecule has 21 heavy (non-hydrogen) atoms. The molecule has 3 nitrogen and oxygen atoms in total. The first kappa shape index (κ1) is 16.7. The fraction of sp³-hybridized carbons (Fsp3) is 0.647. The number of rotatable bonds is 7. The lowest BCUT2D eigenvalue weighted by Gasteiger charge is -2.39. The molecule has 2 rings (SSSR count). The van der Waals surface area contributed by atoms with Gasteiger partial charge >= 0.3 is 0 Å². The highest BCUT2D eigenvalue weighted by Gasteiger charge is 2.32. The topological polar surface area (TPSA) is 30.5 Å². The van der Waals surface area contributed by atoms with Gasteiger partial charge in [0, 0.05) is 24.6 Å². The van der Waals surface area contributed by atoms with Gasteiger partial charge in [0.15, 0.2) is 0 Å². The van der Waals surface area contributed by atoms with E-state index in [1.807, 2.05) is 11.8 Å². The molecule has 1 aliphatic rings. The molecule has 1 unspecified atom stereocenters. The van der Waals surface area contributed by atoms with Crippen molar-refractivity contribution in [3.05, 3.63) is 29.8 Å². The third kappa shape index (κ3) is 5.20. The lowest BCUT2D eigenvalue weighted by atomic mass is 9.82. The summed E-state index contributed by atoms with van der Waals surface area (Å²) in [5.41, 5.74) is 2.76. The number of ether oxygens (including phenoxy) is 2. The third-order valence-corrected chi connectivity index (χ3v) is 5.15. The fourth-order valence-electron chi connectivity index (χ4n) is 2.46. The molecule has 1 saturated heterocycles. The van der Waals surface area contributed by atoms with Crippen molar-refractivity contribution in [2.24, 2.45) is 5.41 Å². The van der Waals surface area contributed by atoms with Crippen LogP contribution in [0.3, 0.4) is 0 Å². The molecule has 0 radical (unpaired) electrons. The fourth-order valence-corrected chi connectivity index (χ4v) is 4.06. The van der Waals surface area contributed by atoms with E-state index >= 15 is 0 Å². The molecule has 0 bridgehead atoms. The highest BCUT2D eigenvalue weighted by Crippen LogP contribution is 2.36. The molecule has 1 aromatic carbocycles. The zero-order valence-corrected chi connectivity index (χ0v) is 14.2. The molecule has 1 heterocycles. The Kier molecular flexibility index (Phi) is 6.40. The van der Waals surface area contributed by atoms with E-state index in [4.69, 9.17) is 9.47 Å². The standard InChI is InChI=1S/C17H27NO2S/c1-17(2)7-10-21-13-16(17)18-15-6-4-5-14(11-15)12-20-9-8-19-3/h4-6,11,16,18H,7-10,12-13H2,1-3H3. The number of hydrogen-bond acceptors (Lipinski definition) is 4.